The minimum absolute atomic E-state index is 0.175. The third kappa shape index (κ3) is 1.76. The van der Waals surface area contributed by atoms with Crippen molar-refractivity contribution < 1.29 is 19.1 Å². The number of fused-ring (bicyclic) bond motifs is 1. The fraction of sp³-hybridized carbons (Fsp3) is 0. The van der Waals surface area contributed by atoms with Crippen LogP contribution in [-0.4, -0.2) is 31.8 Å². The van der Waals surface area contributed by atoms with E-state index in [1.165, 1.54) is 24.4 Å². The van der Waals surface area contributed by atoms with Gasteiger partial charge in [0.2, 0.25) is 5.78 Å². The number of hydrogen-bond acceptors (Lipinski definition) is 3. The lowest BCUT2D eigenvalue weighted by atomic mass is 10.1. The first-order valence-corrected chi connectivity index (χ1v) is 5.66. The summed E-state index contributed by atoms with van der Waals surface area (Å²) >= 11 is 0. The van der Waals surface area contributed by atoms with Crippen molar-refractivity contribution in [3.8, 4) is 0 Å². The number of carbonyl (C=O) groups excluding carboxylic acids is 1. The number of imidazole rings is 1. The van der Waals surface area contributed by atoms with Gasteiger partial charge in [-0.2, -0.15) is 0 Å². The summed E-state index contributed by atoms with van der Waals surface area (Å²) in [7, 11) is 0. The van der Waals surface area contributed by atoms with Crippen molar-refractivity contribution in [3.63, 3.8) is 0 Å². The molecule has 100 valence electrons. The van der Waals surface area contributed by atoms with E-state index in [0.29, 0.717) is 10.9 Å². The van der Waals surface area contributed by atoms with Crippen molar-refractivity contribution in [2.75, 3.05) is 0 Å². The fourth-order valence-electron chi connectivity index (χ4n) is 2.04. The quantitative estimate of drug-likeness (QED) is 0.635. The highest BCUT2D eigenvalue weighted by Gasteiger charge is 2.23. The molecule has 0 aliphatic rings. The number of aromatic nitrogens is 3. The highest BCUT2D eigenvalue weighted by atomic mass is 19.1. The second kappa shape index (κ2) is 4.30. The van der Waals surface area contributed by atoms with Crippen LogP contribution in [0, 0.1) is 5.82 Å². The molecule has 7 heteroatoms. The molecule has 0 spiro atoms. The molecule has 0 amide bonds. The predicted octanol–water partition coefficient (Wildman–Crippen LogP) is 1.96. The highest BCUT2D eigenvalue weighted by Crippen LogP contribution is 2.22. The number of ketones is 1. The first-order chi connectivity index (χ1) is 9.58. The van der Waals surface area contributed by atoms with Crippen molar-refractivity contribution in [1.29, 1.82) is 0 Å². The minimum Gasteiger partial charge on any atom is -0.477 e. The van der Waals surface area contributed by atoms with Gasteiger partial charge in [0.1, 0.15) is 11.5 Å². The van der Waals surface area contributed by atoms with Gasteiger partial charge in [0.25, 0.3) is 0 Å². The Labute approximate surface area is 111 Å². The molecule has 0 bridgehead atoms. The smallest absolute Gasteiger partial charge is 0.354 e. The van der Waals surface area contributed by atoms with Crippen molar-refractivity contribution in [2.24, 2.45) is 0 Å². The first kappa shape index (κ1) is 12.1. The van der Waals surface area contributed by atoms with E-state index in [9.17, 15) is 14.0 Å². The summed E-state index contributed by atoms with van der Waals surface area (Å²) < 4.78 is 13.3. The van der Waals surface area contributed by atoms with Crippen molar-refractivity contribution >= 4 is 22.7 Å². The number of H-pyrrole nitrogens is 2. The standard InChI is InChI=1S/C13H8FN3O3/c14-6-1-2-9-7(3-6)8(4-15-9)12(18)10-11(13(19)20)17-5-16-10/h1-5,15H,(H,16,17)(H,19,20). The number of hydrogen-bond donors (Lipinski definition) is 3. The topological polar surface area (TPSA) is 98.8 Å². The van der Waals surface area contributed by atoms with E-state index in [2.05, 4.69) is 15.0 Å². The van der Waals surface area contributed by atoms with E-state index in [0.717, 1.165) is 6.33 Å². The maximum Gasteiger partial charge on any atom is 0.354 e. The number of aromatic amines is 2. The van der Waals surface area contributed by atoms with E-state index in [-0.39, 0.29) is 17.0 Å². The Bertz CT molecular complexity index is 834. The highest BCUT2D eigenvalue weighted by molar-refractivity contribution is 6.18. The molecule has 0 saturated heterocycles. The number of benzene rings is 1. The zero-order chi connectivity index (χ0) is 14.3. The molecule has 2 aromatic heterocycles. The zero-order valence-corrected chi connectivity index (χ0v) is 9.98. The van der Waals surface area contributed by atoms with Gasteiger partial charge in [0, 0.05) is 22.7 Å². The molecule has 3 aromatic rings. The van der Waals surface area contributed by atoms with Gasteiger partial charge in [0.05, 0.1) is 6.33 Å². The van der Waals surface area contributed by atoms with E-state index >= 15 is 0 Å². The summed E-state index contributed by atoms with van der Waals surface area (Å²) in [4.78, 5) is 32.3. The molecule has 0 unspecified atom stereocenters. The molecule has 0 aliphatic heterocycles. The Morgan fingerprint density at radius 3 is 2.80 bits per heavy atom. The van der Waals surface area contributed by atoms with Crippen LogP contribution in [-0.2, 0) is 0 Å². The molecule has 0 fully saturated rings. The third-order valence-corrected chi connectivity index (χ3v) is 2.96. The number of carboxylic acids is 1. The third-order valence-electron chi connectivity index (χ3n) is 2.96. The van der Waals surface area contributed by atoms with Gasteiger partial charge < -0.3 is 15.1 Å². The van der Waals surface area contributed by atoms with Crippen LogP contribution in [0.2, 0.25) is 0 Å². The largest absolute Gasteiger partial charge is 0.477 e. The van der Waals surface area contributed by atoms with Gasteiger partial charge in [-0.05, 0) is 18.2 Å². The summed E-state index contributed by atoms with van der Waals surface area (Å²) in [5.74, 6) is -2.34. The monoisotopic (exact) mass is 273 g/mol. The SMILES string of the molecule is O=C(O)c1[nH]cnc1C(=O)c1c[nH]c2ccc(F)cc12. The first-order valence-electron chi connectivity index (χ1n) is 5.66. The second-order valence-electron chi connectivity index (χ2n) is 4.15. The van der Waals surface area contributed by atoms with Gasteiger partial charge >= 0.3 is 5.97 Å². The molecule has 0 saturated carbocycles. The Hall–Kier alpha value is -2.96. The number of carboxylic acid groups (broad SMARTS) is 1. The van der Waals surface area contributed by atoms with Crippen LogP contribution in [0.1, 0.15) is 26.5 Å². The van der Waals surface area contributed by atoms with Crippen LogP contribution in [0.3, 0.4) is 0 Å². The molecule has 1 aromatic carbocycles. The van der Waals surface area contributed by atoms with Gasteiger partial charge in [0.15, 0.2) is 5.69 Å². The lowest BCUT2D eigenvalue weighted by Gasteiger charge is -1.98. The zero-order valence-electron chi connectivity index (χ0n) is 9.98. The van der Waals surface area contributed by atoms with Gasteiger partial charge in [-0.1, -0.05) is 0 Å². The predicted molar refractivity (Wildman–Crippen MR) is 67.2 cm³/mol. The van der Waals surface area contributed by atoms with Crippen molar-refractivity contribution in [1.82, 2.24) is 15.0 Å². The molecule has 0 atom stereocenters. The number of rotatable bonds is 3. The molecule has 0 aliphatic carbocycles. The normalized spacial score (nSPS) is 10.8. The van der Waals surface area contributed by atoms with Crippen LogP contribution >= 0.6 is 0 Å². The molecular formula is C13H8FN3O3. The number of halogens is 1. The summed E-state index contributed by atoms with van der Waals surface area (Å²) in [6, 6.07) is 3.99. The number of carbonyl (C=O) groups is 2. The molecular weight excluding hydrogens is 265 g/mol. The molecule has 6 nitrogen and oxygen atoms in total. The Morgan fingerprint density at radius 1 is 1.25 bits per heavy atom. The number of nitrogens with one attached hydrogen (secondary N) is 2. The maximum absolute atomic E-state index is 13.3. The second-order valence-corrected chi connectivity index (χ2v) is 4.15. The maximum atomic E-state index is 13.3. The van der Waals surface area contributed by atoms with Crippen molar-refractivity contribution in [2.45, 2.75) is 0 Å². The van der Waals surface area contributed by atoms with Crippen LogP contribution < -0.4 is 0 Å². The van der Waals surface area contributed by atoms with E-state index in [1.54, 1.807) is 0 Å². The Balaban J connectivity index is 2.15. The fourth-order valence-corrected chi connectivity index (χ4v) is 2.04. The molecule has 3 N–H and O–H groups in total. The summed E-state index contributed by atoms with van der Waals surface area (Å²) in [5.41, 5.74) is 0.264. The lowest BCUT2D eigenvalue weighted by molar-refractivity contribution is 0.0687. The van der Waals surface area contributed by atoms with Crippen LogP contribution in [0.15, 0.2) is 30.7 Å². The molecule has 3 rings (SSSR count). The summed E-state index contributed by atoms with van der Waals surface area (Å²) in [5, 5.41) is 9.35. The van der Waals surface area contributed by atoms with Crippen LogP contribution in [0.25, 0.3) is 10.9 Å². The molecule has 0 radical (unpaired) electrons. The van der Waals surface area contributed by atoms with E-state index in [4.69, 9.17) is 5.11 Å². The molecule has 2 heterocycles. The number of nitrogens with zero attached hydrogens (tertiary/aromatic N) is 1. The lowest BCUT2D eigenvalue weighted by Crippen LogP contribution is -2.09. The van der Waals surface area contributed by atoms with Gasteiger partial charge in [-0.3, -0.25) is 4.79 Å². The summed E-state index contributed by atoms with van der Waals surface area (Å²) in [6.07, 6.45) is 2.54. The summed E-state index contributed by atoms with van der Waals surface area (Å²) in [6.45, 7) is 0. The minimum atomic E-state index is -1.28. The Kier molecular flexibility index (Phi) is 2.60. The number of aromatic carboxylic acids is 1. The average Bonchev–Trinajstić information content (AvgIpc) is 3.04. The van der Waals surface area contributed by atoms with Crippen LogP contribution in [0.4, 0.5) is 4.39 Å². The van der Waals surface area contributed by atoms with Gasteiger partial charge in [-0.15, -0.1) is 0 Å². The average molecular weight is 273 g/mol. The van der Waals surface area contributed by atoms with Crippen molar-refractivity contribution in [3.05, 3.63) is 53.5 Å². The molecule has 20 heavy (non-hydrogen) atoms. The van der Waals surface area contributed by atoms with Gasteiger partial charge in [-0.25, -0.2) is 14.2 Å². The van der Waals surface area contributed by atoms with E-state index in [1.807, 2.05) is 0 Å². The van der Waals surface area contributed by atoms with E-state index < -0.39 is 17.6 Å². The van der Waals surface area contributed by atoms with Crippen LogP contribution in [0.5, 0.6) is 0 Å². The Morgan fingerprint density at radius 2 is 2.05 bits per heavy atom.